The first-order valence-corrected chi connectivity index (χ1v) is 8.97. The second-order valence-corrected chi connectivity index (χ2v) is 7.02. The van der Waals surface area contributed by atoms with E-state index in [0.717, 1.165) is 19.1 Å². The molecule has 5 heteroatoms. The van der Waals surface area contributed by atoms with Gasteiger partial charge in [-0.05, 0) is 50.8 Å². The highest BCUT2D eigenvalue weighted by molar-refractivity contribution is 5.85. The van der Waals surface area contributed by atoms with E-state index >= 15 is 0 Å². The van der Waals surface area contributed by atoms with Gasteiger partial charge >= 0.3 is 0 Å². The van der Waals surface area contributed by atoms with E-state index in [1.54, 1.807) is 7.11 Å². The Labute approximate surface area is 165 Å². The van der Waals surface area contributed by atoms with Crippen molar-refractivity contribution in [2.75, 3.05) is 33.4 Å². The second-order valence-electron chi connectivity index (χ2n) is 7.02. The van der Waals surface area contributed by atoms with Gasteiger partial charge in [-0.25, -0.2) is 0 Å². The molecule has 1 saturated carbocycles. The molecule has 1 aromatic rings. The van der Waals surface area contributed by atoms with Crippen LogP contribution in [0.3, 0.4) is 0 Å². The lowest BCUT2D eigenvalue weighted by molar-refractivity contribution is 0.125. The Morgan fingerprint density at radius 2 is 1.88 bits per heavy atom. The van der Waals surface area contributed by atoms with Crippen LogP contribution in [0.2, 0.25) is 0 Å². The number of methoxy groups -OCH3 is 1. The molecule has 25 heavy (non-hydrogen) atoms. The lowest BCUT2D eigenvalue weighted by atomic mass is 10.0. The van der Waals surface area contributed by atoms with Crippen molar-refractivity contribution in [3.8, 4) is 0 Å². The largest absolute Gasteiger partial charge is 0.383 e. The van der Waals surface area contributed by atoms with Crippen LogP contribution in [0.15, 0.2) is 35.9 Å². The first kappa shape index (κ1) is 22.5. The topological polar surface area (TPSA) is 24.5 Å². The van der Waals surface area contributed by atoms with Crippen LogP contribution in [-0.2, 0) is 4.74 Å². The van der Waals surface area contributed by atoms with E-state index in [-0.39, 0.29) is 24.8 Å². The molecule has 0 radical (unpaired) electrons. The van der Waals surface area contributed by atoms with Gasteiger partial charge in [0.2, 0.25) is 0 Å². The molecule has 0 spiro atoms. The highest BCUT2D eigenvalue weighted by atomic mass is 35.5. The Kier molecular flexibility index (Phi) is 10.1. The van der Waals surface area contributed by atoms with Crippen molar-refractivity contribution in [2.45, 2.75) is 38.3 Å². The lowest BCUT2D eigenvalue weighted by Gasteiger charge is -2.32. The minimum Gasteiger partial charge on any atom is -0.383 e. The number of likely N-dealkylation sites (tertiary alicyclic amines) is 1. The summed E-state index contributed by atoms with van der Waals surface area (Å²) >= 11 is 0. The van der Waals surface area contributed by atoms with Crippen LogP contribution in [-0.4, -0.2) is 50.3 Å². The van der Waals surface area contributed by atoms with E-state index < -0.39 is 0 Å². The van der Waals surface area contributed by atoms with Gasteiger partial charge in [-0.1, -0.05) is 42.0 Å². The number of ether oxygens (including phenoxy) is 1. The van der Waals surface area contributed by atoms with E-state index in [0.29, 0.717) is 12.1 Å². The summed E-state index contributed by atoms with van der Waals surface area (Å²) in [5.41, 5.74) is 2.84. The number of rotatable bonds is 7. The van der Waals surface area contributed by atoms with Crippen LogP contribution >= 0.6 is 24.8 Å². The maximum absolute atomic E-state index is 5.17. The predicted octanol–water partition coefficient (Wildman–Crippen LogP) is 4.02. The fraction of sp³-hybridized carbons (Fsp3) is 0.600. The summed E-state index contributed by atoms with van der Waals surface area (Å²) in [7, 11) is 1.78. The fourth-order valence-electron chi connectivity index (χ4n) is 3.65. The fourth-order valence-corrected chi connectivity index (χ4v) is 3.65. The molecule has 1 N–H and O–H groups in total. The molecule has 0 bridgehead atoms. The number of halogens is 2. The van der Waals surface area contributed by atoms with E-state index in [1.165, 1.54) is 43.5 Å². The van der Waals surface area contributed by atoms with Gasteiger partial charge in [0.25, 0.3) is 0 Å². The lowest BCUT2D eigenvalue weighted by Crippen LogP contribution is -2.44. The summed E-state index contributed by atoms with van der Waals surface area (Å²) in [6.07, 6.45) is 6.20. The SMILES string of the molecule is COCCN1CCC(N[C@H]2CC2C(C)=Cc2ccccc2)CC1.Cl.Cl. The molecule has 1 aliphatic carbocycles. The van der Waals surface area contributed by atoms with Gasteiger partial charge in [-0.3, -0.25) is 0 Å². The van der Waals surface area contributed by atoms with Crippen LogP contribution in [0.5, 0.6) is 0 Å². The molecule has 1 heterocycles. The number of nitrogens with one attached hydrogen (secondary N) is 1. The summed E-state index contributed by atoms with van der Waals surface area (Å²) in [5, 5.41) is 3.89. The van der Waals surface area contributed by atoms with Crippen LogP contribution in [0.4, 0.5) is 0 Å². The Hall–Kier alpha value is -0.580. The van der Waals surface area contributed by atoms with Crippen LogP contribution in [0.25, 0.3) is 6.08 Å². The zero-order valence-corrected chi connectivity index (χ0v) is 17.0. The maximum Gasteiger partial charge on any atom is 0.0589 e. The van der Waals surface area contributed by atoms with Gasteiger partial charge in [0.05, 0.1) is 6.61 Å². The molecule has 2 atom stereocenters. The Balaban J connectivity index is 0.00000156. The Morgan fingerprint density at radius 1 is 1.20 bits per heavy atom. The van der Waals surface area contributed by atoms with Gasteiger partial charge in [0.1, 0.15) is 0 Å². The van der Waals surface area contributed by atoms with Crippen molar-refractivity contribution in [3.05, 3.63) is 41.5 Å². The van der Waals surface area contributed by atoms with Crippen molar-refractivity contribution in [1.29, 1.82) is 0 Å². The summed E-state index contributed by atoms with van der Waals surface area (Å²) < 4.78 is 5.17. The van der Waals surface area contributed by atoms with E-state index in [9.17, 15) is 0 Å². The normalized spacial score (nSPS) is 24.3. The predicted molar refractivity (Wildman–Crippen MR) is 111 cm³/mol. The van der Waals surface area contributed by atoms with Crippen molar-refractivity contribution in [2.24, 2.45) is 5.92 Å². The molecule has 1 saturated heterocycles. The third kappa shape index (κ3) is 6.92. The van der Waals surface area contributed by atoms with Crippen molar-refractivity contribution < 1.29 is 4.74 Å². The number of hydrogen-bond acceptors (Lipinski definition) is 3. The van der Waals surface area contributed by atoms with Gasteiger partial charge in [0, 0.05) is 25.7 Å². The van der Waals surface area contributed by atoms with Crippen LogP contribution < -0.4 is 5.32 Å². The second kappa shape index (κ2) is 11.2. The third-order valence-corrected chi connectivity index (χ3v) is 5.22. The minimum absolute atomic E-state index is 0. The number of benzene rings is 1. The molecule has 3 nitrogen and oxygen atoms in total. The molecule has 0 aromatic heterocycles. The van der Waals surface area contributed by atoms with Crippen molar-refractivity contribution in [3.63, 3.8) is 0 Å². The zero-order valence-electron chi connectivity index (χ0n) is 15.3. The monoisotopic (exact) mass is 386 g/mol. The zero-order chi connectivity index (χ0) is 16.1. The highest BCUT2D eigenvalue weighted by Gasteiger charge is 2.39. The summed E-state index contributed by atoms with van der Waals surface area (Å²) in [4.78, 5) is 2.52. The molecule has 2 fully saturated rings. The summed E-state index contributed by atoms with van der Waals surface area (Å²) in [6, 6.07) is 12.1. The minimum atomic E-state index is 0. The first-order valence-electron chi connectivity index (χ1n) is 8.97. The number of hydrogen-bond donors (Lipinski definition) is 1. The average Bonchev–Trinajstić information content (AvgIpc) is 3.34. The molecular formula is C20H32Cl2N2O. The Bertz CT molecular complexity index is 516. The summed E-state index contributed by atoms with van der Waals surface area (Å²) in [6.45, 7) is 6.63. The van der Waals surface area contributed by atoms with Gasteiger partial charge in [0.15, 0.2) is 0 Å². The molecular weight excluding hydrogens is 355 g/mol. The number of nitrogens with zero attached hydrogens (tertiary/aromatic N) is 1. The van der Waals surface area contributed by atoms with E-state index in [1.807, 2.05) is 0 Å². The quantitative estimate of drug-likeness (QED) is 0.765. The molecule has 1 unspecified atom stereocenters. The standard InChI is InChI=1S/C20H30N2O.2ClH/c1-16(14-17-6-4-3-5-7-17)19-15-20(19)21-18-8-10-22(11-9-18)12-13-23-2;;/h3-7,14,18-21H,8-13,15H2,1-2H3;2*1H/t19?,20-;;/m0../s1. The smallest absolute Gasteiger partial charge is 0.0589 e. The average molecular weight is 387 g/mol. The van der Waals surface area contributed by atoms with Crippen molar-refractivity contribution >= 4 is 30.9 Å². The molecule has 1 aliphatic heterocycles. The molecule has 0 amide bonds. The molecule has 2 aliphatic rings. The molecule has 1 aromatic carbocycles. The van der Waals surface area contributed by atoms with E-state index in [4.69, 9.17) is 4.74 Å². The number of piperidine rings is 1. The third-order valence-electron chi connectivity index (χ3n) is 5.22. The van der Waals surface area contributed by atoms with E-state index in [2.05, 4.69) is 53.5 Å². The van der Waals surface area contributed by atoms with Crippen molar-refractivity contribution in [1.82, 2.24) is 10.2 Å². The molecule has 3 rings (SSSR count). The van der Waals surface area contributed by atoms with Gasteiger partial charge in [-0.2, -0.15) is 0 Å². The summed E-state index contributed by atoms with van der Waals surface area (Å²) in [5.74, 6) is 0.738. The van der Waals surface area contributed by atoms with Crippen LogP contribution in [0, 0.1) is 5.92 Å². The van der Waals surface area contributed by atoms with Gasteiger partial charge in [-0.15, -0.1) is 24.8 Å². The highest BCUT2D eigenvalue weighted by Crippen LogP contribution is 2.38. The Morgan fingerprint density at radius 3 is 2.52 bits per heavy atom. The van der Waals surface area contributed by atoms with Gasteiger partial charge < -0.3 is 15.0 Å². The molecule has 142 valence electrons. The maximum atomic E-state index is 5.17. The van der Waals surface area contributed by atoms with Crippen LogP contribution in [0.1, 0.15) is 31.7 Å². The first-order chi connectivity index (χ1) is 11.3.